The summed E-state index contributed by atoms with van der Waals surface area (Å²) in [6, 6.07) is 15.1. The molecule has 0 saturated heterocycles. The zero-order valence-corrected chi connectivity index (χ0v) is 17.0. The molecule has 2 rings (SSSR count). The molecule has 1 atom stereocenters. The van der Waals surface area contributed by atoms with E-state index in [9.17, 15) is 19.1 Å². The van der Waals surface area contributed by atoms with Crippen LogP contribution in [-0.2, 0) is 20.9 Å². The molecule has 0 aromatic heterocycles. The lowest BCUT2D eigenvalue weighted by Gasteiger charge is -2.12. The van der Waals surface area contributed by atoms with E-state index in [1.54, 1.807) is 12.1 Å². The fraction of sp³-hybridized carbons (Fsp3) is 0.391. The van der Waals surface area contributed by atoms with E-state index in [0.29, 0.717) is 19.4 Å². The van der Waals surface area contributed by atoms with E-state index in [0.717, 1.165) is 24.0 Å². The maximum Gasteiger partial charge on any atom is 0.246 e. The second-order valence-corrected chi connectivity index (χ2v) is 7.01. The van der Waals surface area contributed by atoms with Crippen molar-refractivity contribution >= 4 is 11.8 Å². The molecule has 0 bridgehead atoms. The van der Waals surface area contributed by atoms with Crippen LogP contribution in [0.5, 0.6) is 0 Å². The molecule has 6 nitrogen and oxygen atoms in total. The maximum atomic E-state index is 12.8. The quantitative estimate of drug-likeness (QED) is 0.438. The van der Waals surface area contributed by atoms with Gasteiger partial charge in [-0.15, -0.1) is 0 Å². The summed E-state index contributed by atoms with van der Waals surface area (Å²) in [5, 5.41) is 15.5. The highest BCUT2D eigenvalue weighted by atomic mass is 19.1. The molecule has 1 unspecified atom stereocenters. The first-order chi connectivity index (χ1) is 14.5. The van der Waals surface area contributed by atoms with E-state index in [1.165, 1.54) is 12.1 Å². The fourth-order valence-corrected chi connectivity index (χ4v) is 2.80. The summed E-state index contributed by atoms with van der Waals surface area (Å²) < 4.78 is 18.1. The molecule has 0 aliphatic rings. The van der Waals surface area contributed by atoms with Crippen molar-refractivity contribution in [3.63, 3.8) is 0 Å². The van der Waals surface area contributed by atoms with Crippen LogP contribution in [0.2, 0.25) is 0 Å². The molecule has 0 saturated carbocycles. The number of nitrogens with one attached hydrogen (secondary N) is 2. The molecule has 2 aromatic carbocycles. The summed E-state index contributed by atoms with van der Waals surface area (Å²) in [5.41, 5.74) is 1.58. The zero-order chi connectivity index (χ0) is 21.6. The van der Waals surface area contributed by atoms with Crippen molar-refractivity contribution < 1.29 is 23.8 Å². The molecule has 162 valence electrons. The minimum Gasteiger partial charge on any atom is -0.387 e. The van der Waals surface area contributed by atoms with Gasteiger partial charge in [-0.05, 0) is 36.1 Å². The Morgan fingerprint density at radius 2 is 1.67 bits per heavy atom. The molecule has 3 N–H and O–H groups in total. The number of halogens is 1. The molecule has 0 heterocycles. The lowest BCUT2D eigenvalue weighted by atomic mass is 10.1. The molecule has 2 aromatic rings. The minimum atomic E-state index is -0.712. The molecule has 0 aliphatic heterocycles. The Kier molecular flexibility index (Phi) is 10.5. The molecule has 0 aliphatic carbocycles. The van der Waals surface area contributed by atoms with Crippen molar-refractivity contribution in [3.05, 3.63) is 71.5 Å². The highest BCUT2D eigenvalue weighted by Crippen LogP contribution is 2.10. The number of amides is 2. The van der Waals surface area contributed by atoms with Crippen LogP contribution in [0.15, 0.2) is 54.6 Å². The van der Waals surface area contributed by atoms with Crippen molar-refractivity contribution in [2.75, 3.05) is 19.7 Å². The topological polar surface area (TPSA) is 87.7 Å². The largest absolute Gasteiger partial charge is 0.387 e. The molecule has 0 spiro atoms. The molecule has 30 heavy (non-hydrogen) atoms. The van der Waals surface area contributed by atoms with Crippen LogP contribution >= 0.6 is 0 Å². The third kappa shape index (κ3) is 9.62. The summed E-state index contributed by atoms with van der Waals surface area (Å²) >= 11 is 0. The summed E-state index contributed by atoms with van der Waals surface area (Å²) in [6.45, 7) is 0.912. The first kappa shape index (κ1) is 23.5. The second-order valence-electron chi connectivity index (χ2n) is 7.01. The molecule has 0 fully saturated rings. The molecule has 0 radical (unpaired) electrons. The summed E-state index contributed by atoms with van der Waals surface area (Å²) in [6.07, 6.45) is 1.96. The normalized spacial score (nSPS) is 11.7. The maximum absolute atomic E-state index is 12.8. The Hall–Kier alpha value is -2.77. The van der Waals surface area contributed by atoms with E-state index in [-0.39, 0.29) is 37.4 Å². The Bertz CT molecular complexity index is 769. The fourth-order valence-electron chi connectivity index (χ4n) is 2.80. The van der Waals surface area contributed by atoms with Gasteiger partial charge < -0.3 is 20.5 Å². The van der Waals surface area contributed by atoms with Gasteiger partial charge in [-0.1, -0.05) is 48.9 Å². The van der Waals surface area contributed by atoms with E-state index in [4.69, 9.17) is 4.74 Å². The number of hydrogen-bond acceptors (Lipinski definition) is 4. The number of unbranched alkanes of at least 4 members (excludes halogenated alkanes) is 2. The number of carbonyl (C=O) groups excluding carboxylic acids is 2. The number of hydrogen-bond donors (Lipinski definition) is 3. The molecule has 2 amide bonds. The number of benzene rings is 2. The number of carbonyl (C=O) groups is 2. The monoisotopic (exact) mass is 416 g/mol. The number of ether oxygens (including phenoxy) is 1. The average molecular weight is 416 g/mol. The highest BCUT2D eigenvalue weighted by Gasteiger charge is 2.09. The van der Waals surface area contributed by atoms with Gasteiger partial charge in [-0.3, -0.25) is 9.59 Å². The van der Waals surface area contributed by atoms with Crippen molar-refractivity contribution in [1.29, 1.82) is 0 Å². The van der Waals surface area contributed by atoms with Gasteiger partial charge >= 0.3 is 0 Å². The van der Waals surface area contributed by atoms with E-state index in [1.807, 2.05) is 30.3 Å². The van der Waals surface area contributed by atoms with E-state index >= 15 is 0 Å². The minimum absolute atomic E-state index is 0.0521. The lowest BCUT2D eigenvalue weighted by molar-refractivity contribution is -0.126. The third-order valence-corrected chi connectivity index (χ3v) is 4.49. The Labute approximate surface area is 176 Å². The van der Waals surface area contributed by atoms with E-state index in [2.05, 4.69) is 10.6 Å². The summed E-state index contributed by atoms with van der Waals surface area (Å²) in [4.78, 5) is 23.6. The lowest BCUT2D eigenvalue weighted by Crippen LogP contribution is -2.29. The molecular formula is C23H29FN2O4. The van der Waals surface area contributed by atoms with Crippen molar-refractivity contribution in [2.24, 2.45) is 0 Å². The SMILES string of the molecule is O=C(CCCCCNC(=O)COCc1ccc(F)cc1)NCC(O)c1ccccc1. The molecular weight excluding hydrogens is 387 g/mol. The Morgan fingerprint density at radius 3 is 2.40 bits per heavy atom. The first-order valence-corrected chi connectivity index (χ1v) is 10.1. The Balaban J connectivity index is 1.44. The van der Waals surface area contributed by atoms with E-state index < -0.39 is 6.10 Å². The van der Waals surface area contributed by atoms with Crippen LogP contribution in [-0.4, -0.2) is 36.6 Å². The standard InChI is InChI=1S/C23H29FN2O4/c24-20-12-10-18(11-13-20)16-30-17-23(29)25-14-6-2-5-9-22(28)26-15-21(27)19-7-3-1-4-8-19/h1,3-4,7-8,10-13,21,27H,2,5-6,9,14-17H2,(H,25,29)(H,26,28). The average Bonchev–Trinajstić information content (AvgIpc) is 2.76. The zero-order valence-electron chi connectivity index (χ0n) is 17.0. The second kappa shape index (κ2) is 13.5. The summed E-state index contributed by atoms with van der Waals surface area (Å²) in [7, 11) is 0. The summed E-state index contributed by atoms with van der Waals surface area (Å²) in [5.74, 6) is -0.605. The van der Waals surface area contributed by atoms with Gasteiger partial charge in [0.15, 0.2) is 0 Å². The van der Waals surface area contributed by atoms with Gasteiger partial charge in [0.05, 0.1) is 12.7 Å². The van der Waals surface area contributed by atoms with Crippen LogP contribution in [0.1, 0.15) is 42.9 Å². The van der Waals surface area contributed by atoms with Crippen LogP contribution in [0.25, 0.3) is 0 Å². The third-order valence-electron chi connectivity index (χ3n) is 4.49. The van der Waals surface area contributed by atoms with Crippen LogP contribution < -0.4 is 10.6 Å². The predicted molar refractivity (Wildman–Crippen MR) is 112 cm³/mol. The van der Waals surface area contributed by atoms with Crippen LogP contribution in [0.4, 0.5) is 4.39 Å². The smallest absolute Gasteiger partial charge is 0.246 e. The van der Waals surface area contributed by atoms with Crippen molar-refractivity contribution in [1.82, 2.24) is 10.6 Å². The predicted octanol–water partition coefficient (Wildman–Crippen LogP) is 2.87. The van der Waals surface area contributed by atoms with Crippen LogP contribution in [0, 0.1) is 5.82 Å². The van der Waals surface area contributed by atoms with Gasteiger partial charge in [-0.25, -0.2) is 4.39 Å². The Morgan fingerprint density at radius 1 is 0.933 bits per heavy atom. The first-order valence-electron chi connectivity index (χ1n) is 10.1. The highest BCUT2D eigenvalue weighted by molar-refractivity contribution is 5.77. The van der Waals surface area contributed by atoms with Crippen molar-refractivity contribution in [3.8, 4) is 0 Å². The van der Waals surface area contributed by atoms with Crippen LogP contribution in [0.3, 0.4) is 0 Å². The van der Waals surface area contributed by atoms with Gasteiger partial charge in [-0.2, -0.15) is 0 Å². The van der Waals surface area contributed by atoms with Gasteiger partial charge in [0.2, 0.25) is 11.8 Å². The molecule has 7 heteroatoms. The number of rotatable bonds is 13. The van der Waals surface area contributed by atoms with Gasteiger partial charge in [0, 0.05) is 19.5 Å². The van der Waals surface area contributed by atoms with Crippen molar-refractivity contribution in [2.45, 2.75) is 38.4 Å². The number of aliphatic hydroxyl groups excluding tert-OH is 1. The van der Waals surface area contributed by atoms with Gasteiger partial charge in [0.25, 0.3) is 0 Å². The van der Waals surface area contributed by atoms with Gasteiger partial charge in [0.1, 0.15) is 12.4 Å². The number of aliphatic hydroxyl groups is 1.